The van der Waals surface area contributed by atoms with Crippen molar-refractivity contribution in [1.29, 1.82) is 0 Å². The Morgan fingerprint density at radius 3 is 2.19 bits per heavy atom. The SMILES string of the molecule is CCCNC(=O)[C@H](CC)N(Cc1ccccc1)C(=O)COc1ccc(C(C)(C)C)cc1. The van der Waals surface area contributed by atoms with E-state index in [0.717, 1.165) is 12.0 Å². The molecule has 0 bridgehead atoms. The Bertz CT molecular complexity index is 826. The maximum atomic E-state index is 13.1. The van der Waals surface area contributed by atoms with Crippen molar-refractivity contribution in [3.8, 4) is 5.75 Å². The second-order valence-electron chi connectivity index (χ2n) is 8.79. The van der Waals surface area contributed by atoms with Crippen LogP contribution in [0.2, 0.25) is 0 Å². The van der Waals surface area contributed by atoms with Crippen LogP contribution in [0.1, 0.15) is 58.6 Å². The van der Waals surface area contributed by atoms with Crippen LogP contribution in [-0.2, 0) is 21.5 Å². The average Bonchev–Trinajstić information content (AvgIpc) is 2.76. The van der Waals surface area contributed by atoms with E-state index in [-0.39, 0.29) is 23.8 Å². The number of hydrogen-bond acceptors (Lipinski definition) is 3. The summed E-state index contributed by atoms with van der Waals surface area (Å²) in [5.74, 6) is 0.315. The molecule has 0 heterocycles. The van der Waals surface area contributed by atoms with Crippen LogP contribution in [0.4, 0.5) is 0 Å². The molecule has 5 nitrogen and oxygen atoms in total. The van der Waals surface area contributed by atoms with Crippen LogP contribution in [0.5, 0.6) is 5.75 Å². The second-order valence-corrected chi connectivity index (χ2v) is 8.79. The van der Waals surface area contributed by atoms with E-state index in [0.29, 0.717) is 25.3 Å². The lowest BCUT2D eigenvalue weighted by atomic mass is 9.87. The molecule has 0 aromatic heterocycles. The second kappa shape index (κ2) is 11.5. The Balaban J connectivity index is 2.14. The highest BCUT2D eigenvalue weighted by atomic mass is 16.5. The number of carbonyl (C=O) groups is 2. The molecule has 5 heteroatoms. The van der Waals surface area contributed by atoms with Crippen molar-refractivity contribution in [2.75, 3.05) is 13.2 Å². The predicted molar refractivity (Wildman–Crippen MR) is 125 cm³/mol. The summed E-state index contributed by atoms with van der Waals surface area (Å²) >= 11 is 0. The lowest BCUT2D eigenvalue weighted by Crippen LogP contribution is -2.50. The highest BCUT2D eigenvalue weighted by Crippen LogP contribution is 2.24. The summed E-state index contributed by atoms with van der Waals surface area (Å²) in [5, 5.41) is 2.92. The molecule has 0 radical (unpaired) electrons. The topological polar surface area (TPSA) is 58.6 Å². The van der Waals surface area contributed by atoms with Crippen molar-refractivity contribution in [3.05, 3.63) is 65.7 Å². The zero-order chi connectivity index (χ0) is 22.9. The number of carbonyl (C=O) groups excluding carboxylic acids is 2. The van der Waals surface area contributed by atoms with Gasteiger partial charge in [0, 0.05) is 13.1 Å². The smallest absolute Gasteiger partial charge is 0.261 e. The average molecular weight is 425 g/mol. The molecule has 0 aliphatic rings. The summed E-state index contributed by atoms with van der Waals surface area (Å²) in [5.41, 5.74) is 2.24. The van der Waals surface area contributed by atoms with Crippen molar-refractivity contribution in [2.45, 2.75) is 65.5 Å². The minimum Gasteiger partial charge on any atom is -0.484 e. The van der Waals surface area contributed by atoms with Crippen LogP contribution in [0.25, 0.3) is 0 Å². The normalized spacial score (nSPS) is 12.2. The van der Waals surface area contributed by atoms with Gasteiger partial charge in [-0.1, -0.05) is 77.1 Å². The number of nitrogens with zero attached hydrogens (tertiary/aromatic N) is 1. The Morgan fingerprint density at radius 1 is 1.00 bits per heavy atom. The molecule has 1 atom stereocenters. The fourth-order valence-electron chi connectivity index (χ4n) is 3.34. The van der Waals surface area contributed by atoms with E-state index >= 15 is 0 Å². The molecule has 31 heavy (non-hydrogen) atoms. The fourth-order valence-corrected chi connectivity index (χ4v) is 3.34. The molecule has 168 valence electrons. The van der Waals surface area contributed by atoms with Gasteiger partial charge in [-0.3, -0.25) is 9.59 Å². The predicted octanol–water partition coefficient (Wildman–Crippen LogP) is 4.70. The van der Waals surface area contributed by atoms with Crippen molar-refractivity contribution < 1.29 is 14.3 Å². The number of rotatable bonds is 10. The van der Waals surface area contributed by atoms with Gasteiger partial charge in [0.05, 0.1) is 0 Å². The zero-order valence-corrected chi connectivity index (χ0v) is 19.5. The van der Waals surface area contributed by atoms with Gasteiger partial charge in [-0.15, -0.1) is 0 Å². The Morgan fingerprint density at radius 2 is 1.65 bits per heavy atom. The molecule has 2 aromatic carbocycles. The maximum Gasteiger partial charge on any atom is 0.261 e. The van der Waals surface area contributed by atoms with Crippen LogP contribution in [0.3, 0.4) is 0 Å². The van der Waals surface area contributed by atoms with Gasteiger partial charge in [0.1, 0.15) is 11.8 Å². The van der Waals surface area contributed by atoms with Crippen LogP contribution < -0.4 is 10.1 Å². The molecule has 0 spiro atoms. The van der Waals surface area contributed by atoms with Gasteiger partial charge in [-0.25, -0.2) is 0 Å². The van der Waals surface area contributed by atoms with Gasteiger partial charge < -0.3 is 15.0 Å². The molecule has 0 saturated carbocycles. The Hall–Kier alpha value is -2.82. The molecule has 0 fully saturated rings. The first kappa shape index (κ1) is 24.4. The number of benzene rings is 2. The van der Waals surface area contributed by atoms with E-state index in [1.807, 2.05) is 68.4 Å². The zero-order valence-electron chi connectivity index (χ0n) is 19.5. The van der Waals surface area contributed by atoms with E-state index in [4.69, 9.17) is 4.74 Å². The van der Waals surface area contributed by atoms with E-state index in [1.165, 1.54) is 5.56 Å². The summed E-state index contributed by atoms with van der Waals surface area (Å²) in [6.07, 6.45) is 1.39. The quantitative estimate of drug-likeness (QED) is 0.602. The van der Waals surface area contributed by atoms with Gasteiger partial charge in [0.15, 0.2) is 6.61 Å². The molecule has 0 aliphatic heterocycles. The van der Waals surface area contributed by atoms with E-state index in [9.17, 15) is 9.59 Å². The number of amides is 2. The highest BCUT2D eigenvalue weighted by Gasteiger charge is 2.28. The monoisotopic (exact) mass is 424 g/mol. The number of hydrogen-bond donors (Lipinski definition) is 1. The van der Waals surface area contributed by atoms with Gasteiger partial charge in [-0.2, -0.15) is 0 Å². The van der Waals surface area contributed by atoms with Crippen LogP contribution in [-0.4, -0.2) is 35.9 Å². The van der Waals surface area contributed by atoms with Gasteiger partial charge in [0.25, 0.3) is 5.91 Å². The van der Waals surface area contributed by atoms with E-state index in [2.05, 4.69) is 26.1 Å². The van der Waals surface area contributed by atoms with E-state index in [1.54, 1.807) is 4.90 Å². The first-order chi connectivity index (χ1) is 14.8. The Labute approximate surface area is 186 Å². The maximum absolute atomic E-state index is 13.1. The van der Waals surface area contributed by atoms with Crippen LogP contribution in [0.15, 0.2) is 54.6 Å². The molecule has 2 amide bonds. The van der Waals surface area contributed by atoms with Gasteiger partial charge in [0.2, 0.25) is 5.91 Å². The van der Waals surface area contributed by atoms with Crippen molar-refractivity contribution in [3.63, 3.8) is 0 Å². The minimum absolute atomic E-state index is 0.0566. The first-order valence-corrected chi connectivity index (χ1v) is 11.1. The molecular weight excluding hydrogens is 388 g/mol. The van der Waals surface area contributed by atoms with Crippen molar-refractivity contribution in [2.24, 2.45) is 0 Å². The fraction of sp³-hybridized carbons (Fsp3) is 0.462. The number of ether oxygens (including phenoxy) is 1. The van der Waals surface area contributed by atoms with Crippen molar-refractivity contribution >= 4 is 11.8 Å². The lowest BCUT2D eigenvalue weighted by molar-refractivity contribution is -0.143. The largest absolute Gasteiger partial charge is 0.484 e. The van der Waals surface area contributed by atoms with Gasteiger partial charge >= 0.3 is 0 Å². The summed E-state index contributed by atoms with van der Waals surface area (Å²) in [7, 11) is 0. The third kappa shape index (κ3) is 7.42. The van der Waals surface area contributed by atoms with E-state index < -0.39 is 6.04 Å². The molecular formula is C26H36N2O3. The molecule has 0 aliphatic carbocycles. The van der Waals surface area contributed by atoms with Crippen LogP contribution >= 0.6 is 0 Å². The van der Waals surface area contributed by atoms with Gasteiger partial charge in [-0.05, 0) is 41.5 Å². The highest BCUT2D eigenvalue weighted by molar-refractivity contribution is 5.88. The van der Waals surface area contributed by atoms with Crippen LogP contribution in [0, 0.1) is 0 Å². The standard InChI is InChI=1S/C26H36N2O3/c1-6-17-27-25(30)23(7-2)28(18-20-11-9-8-10-12-20)24(29)19-31-22-15-13-21(14-16-22)26(3,4)5/h8-16,23H,6-7,17-19H2,1-5H3,(H,27,30)/t23-/m0/s1. The third-order valence-corrected chi connectivity index (χ3v) is 5.21. The van der Waals surface area contributed by atoms with Crippen molar-refractivity contribution in [1.82, 2.24) is 10.2 Å². The summed E-state index contributed by atoms with van der Waals surface area (Å²) < 4.78 is 5.79. The first-order valence-electron chi connectivity index (χ1n) is 11.1. The summed E-state index contributed by atoms with van der Waals surface area (Å²) in [6, 6.07) is 17.0. The molecule has 2 rings (SSSR count). The number of nitrogens with one attached hydrogen (secondary N) is 1. The lowest BCUT2D eigenvalue weighted by Gasteiger charge is -2.30. The molecule has 0 saturated heterocycles. The molecule has 1 N–H and O–H groups in total. The molecule has 2 aromatic rings. The summed E-state index contributed by atoms with van der Waals surface area (Å²) in [6.45, 7) is 11.2. The third-order valence-electron chi connectivity index (χ3n) is 5.21. The Kier molecular flexibility index (Phi) is 9.10. The molecule has 0 unspecified atom stereocenters. The summed E-state index contributed by atoms with van der Waals surface area (Å²) in [4.78, 5) is 27.5. The minimum atomic E-state index is -0.536.